The molecule has 0 aliphatic rings. The highest BCUT2D eigenvalue weighted by atomic mass is 79.9. The van der Waals surface area contributed by atoms with Crippen molar-refractivity contribution in [1.82, 2.24) is 10.6 Å². The van der Waals surface area contributed by atoms with Gasteiger partial charge in [0.1, 0.15) is 5.82 Å². The monoisotopic (exact) mass is 344 g/mol. The van der Waals surface area contributed by atoms with Gasteiger partial charge in [-0.05, 0) is 46.5 Å². The van der Waals surface area contributed by atoms with Gasteiger partial charge in [0.2, 0.25) is 5.91 Å². The Hall–Kier alpha value is -1.43. The van der Waals surface area contributed by atoms with E-state index in [9.17, 15) is 14.0 Å². The predicted octanol–water partition coefficient (Wildman–Crippen LogP) is 2.48. The van der Waals surface area contributed by atoms with E-state index in [4.69, 9.17) is 0 Å². The normalized spacial score (nSPS) is 10.4. The molecule has 0 aliphatic heterocycles. The number of amides is 2. The van der Waals surface area contributed by atoms with Crippen LogP contribution >= 0.6 is 15.9 Å². The standard InChI is InChI=1S/C14H18BrFN2O2/c1-9(2)5-6-17-13(19)8-18-14(20)11-7-10(16)3-4-12(11)15/h3-4,7,9H,5-6,8H2,1-2H3,(H,17,19)(H,18,20). The van der Waals surface area contributed by atoms with Gasteiger partial charge in [0.05, 0.1) is 12.1 Å². The Balaban J connectivity index is 2.43. The maximum atomic E-state index is 13.1. The van der Waals surface area contributed by atoms with Crippen molar-refractivity contribution in [2.24, 2.45) is 5.92 Å². The molecule has 0 fully saturated rings. The number of rotatable bonds is 6. The topological polar surface area (TPSA) is 58.2 Å². The van der Waals surface area contributed by atoms with Gasteiger partial charge < -0.3 is 10.6 Å². The Morgan fingerprint density at radius 3 is 2.65 bits per heavy atom. The fourth-order valence-electron chi connectivity index (χ4n) is 1.49. The molecule has 1 aromatic carbocycles. The quantitative estimate of drug-likeness (QED) is 0.832. The van der Waals surface area contributed by atoms with Gasteiger partial charge in [-0.3, -0.25) is 9.59 Å². The second-order valence-electron chi connectivity index (χ2n) is 4.84. The van der Waals surface area contributed by atoms with E-state index in [0.717, 1.165) is 12.5 Å². The van der Waals surface area contributed by atoms with Crippen molar-refractivity contribution in [3.8, 4) is 0 Å². The van der Waals surface area contributed by atoms with E-state index in [0.29, 0.717) is 16.9 Å². The molecule has 0 radical (unpaired) electrons. The molecule has 0 aliphatic carbocycles. The third-order valence-electron chi connectivity index (χ3n) is 2.63. The van der Waals surface area contributed by atoms with Crippen LogP contribution in [0.4, 0.5) is 4.39 Å². The zero-order valence-corrected chi connectivity index (χ0v) is 13.1. The molecule has 0 saturated heterocycles. The first-order valence-corrected chi connectivity index (χ1v) is 7.19. The van der Waals surface area contributed by atoms with E-state index in [1.807, 2.05) is 0 Å². The summed E-state index contributed by atoms with van der Waals surface area (Å²) in [6.45, 7) is 4.58. The molecule has 110 valence electrons. The SMILES string of the molecule is CC(C)CCNC(=O)CNC(=O)c1cc(F)ccc1Br. The van der Waals surface area contributed by atoms with Crippen LogP contribution in [-0.4, -0.2) is 24.9 Å². The third kappa shape index (κ3) is 5.69. The van der Waals surface area contributed by atoms with E-state index in [-0.39, 0.29) is 18.0 Å². The van der Waals surface area contributed by atoms with Gasteiger partial charge in [-0.25, -0.2) is 4.39 Å². The maximum Gasteiger partial charge on any atom is 0.252 e. The third-order valence-corrected chi connectivity index (χ3v) is 3.32. The summed E-state index contributed by atoms with van der Waals surface area (Å²) in [7, 11) is 0. The van der Waals surface area contributed by atoms with Gasteiger partial charge >= 0.3 is 0 Å². The minimum absolute atomic E-state index is 0.125. The molecule has 0 bridgehead atoms. The second-order valence-corrected chi connectivity index (χ2v) is 5.69. The highest BCUT2D eigenvalue weighted by Crippen LogP contribution is 2.17. The fraction of sp³-hybridized carbons (Fsp3) is 0.429. The number of nitrogens with one attached hydrogen (secondary N) is 2. The first-order valence-electron chi connectivity index (χ1n) is 6.40. The summed E-state index contributed by atoms with van der Waals surface area (Å²) in [6, 6.07) is 3.82. The highest BCUT2D eigenvalue weighted by Gasteiger charge is 2.12. The summed E-state index contributed by atoms with van der Waals surface area (Å²) in [5.41, 5.74) is 0.167. The average molecular weight is 345 g/mol. The van der Waals surface area contributed by atoms with Gasteiger partial charge in [-0.2, -0.15) is 0 Å². The first-order chi connectivity index (χ1) is 9.40. The Kier molecular flexibility index (Phi) is 6.64. The lowest BCUT2D eigenvalue weighted by atomic mass is 10.1. The number of benzene rings is 1. The summed E-state index contributed by atoms with van der Waals surface area (Å²) >= 11 is 3.17. The molecule has 0 atom stereocenters. The molecule has 2 N–H and O–H groups in total. The Bertz CT molecular complexity index is 492. The summed E-state index contributed by atoms with van der Waals surface area (Å²) in [6.07, 6.45) is 0.884. The Morgan fingerprint density at radius 2 is 2.00 bits per heavy atom. The van der Waals surface area contributed by atoms with Crippen LogP contribution in [0, 0.1) is 11.7 Å². The summed E-state index contributed by atoms with van der Waals surface area (Å²) in [5, 5.41) is 5.16. The van der Waals surface area contributed by atoms with Crippen molar-refractivity contribution < 1.29 is 14.0 Å². The maximum absolute atomic E-state index is 13.1. The average Bonchev–Trinajstić information content (AvgIpc) is 2.38. The molecule has 1 aromatic rings. The zero-order valence-electron chi connectivity index (χ0n) is 11.5. The Morgan fingerprint density at radius 1 is 1.30 bits per heavy atom. The zero-order chi connectivity index (χ0) is 15.1. The van der Waals surface area contributed by atoms with Gasteiger partial charge in [0.25, 0.3) is 5.91 Å². The molecule has 4 nitrogen and oxygen atoms in total. The van der Waals surface area contributed by atoms with Gasteiger partial charge in [0.15, 0.2) is 0 Å². The molecule has 20 heavy (non-hydrogen) atoms. The van der Waals surface area contributed by atoms with E-state index in [1.165, 1.54) is 12.1 Å². The fourth-order valence-corrected chi connectivity index (χ4v) is 1.92. The lowest BCUT2D eigenvalue weighted by Crippen LogP contribution is -2.37. The van der Waals surface area contributed by atoms with Crippen LogP contribution in [0.15, 0.2) is 22.7 Å². The molecule has 6 heteroatoms. The van der Waals surface area contributed by atoms with Crippen LogP contribution in [0.25, 0.3) is 0 Å². The number of carbonyl (C=O) groups excluding carboxylic acids is 2. The molecule has 0 spiro atoms. The van der Waals surface area contributed by atoms with E-state index >= 15 is 0 Å². The van der Waals surface area contributed by atoms with E-state index < -0.39 is 11.7 Å². The molecule has 0 aromatic heterocycles. The largest absolute Gasteiger partial charge is 0.355 e. The molecule has 1 rings (SSSR count). The molecular weight excluding hydrogens is 327 g/mol. The van der Waals surface area contributed by atoms with Crippen LogP contribution in [0.5, 0.6) is 0 Å². The van der Waals surface area contributed by atoms with Crippen LogP contribution in [-0.2, 0) is 4.79 Å². The lowest BCUT2D eigenvalue weighted by molar-refractivity contribution is -0.120. The van der Waals surface area contributed by atoms with Gasteiger partial charge in [-0.1, -0.05) is 13.8 Å². The number of hydrogen-bond donors (Lipinski definition) is 2. The van der Waals surface area contributed by atoms with E-state index in [2.05, 4.69) is 40.4 Å². The lowest BCUT2D eigenvalue weighted by Gasteiger charge is -2.09. The van der Waals surface area contributed by atoms with Gasteiger partial charge in [-0.15, -0.1) is 0 Å². The molecule has 0 heterocycles. The number of hydrogen-bond acceptors (Lipinski definition) is 2. The molecule has 0 saturated carbocycles. The van der Waals surface area contributed by atoms with Gasteiger partial charge in [0, 0.05) is 11.0 Å². The smallest absolute Gasteiger partial charge is 0.252 e. The number of carbonyl (C=O) groups is 2. The van der Waals surface area contributed by atoms with Crippen molar-refractivity contribution in [3.63, 3.8) is 0 Å². The predicted molar refractivity (Wildman–Crippen MR) is 78.9 cm³/mol. The van der Waals surface area contributed by atoms with Crippen LogP contribution < -0.4 is 10.6 Å². The van der Waals surface area contributed by atoms with Crippen LogP contribution in [0.1, 0.15) is 30.6 Å². The molecule has 0 unspecified atom stereocenters. The minimum atomic E-state index is -0.500. The highest BCUT2D eigenvalue weighted by molar-refractivity contribution is 9.10. The van der Waals surface area contributed by atoms with Crippen molar-refractivity contribution in [2.75, 3.05) is 13.1 Å². The summed E-state index contributed by atoms with van der Waals surface area (Å²) in [4.78, 5) is 23.3. The Labute approximate surface area is 126 Å². The summed E-state index contributed by atoms with van der Waals surface area (Å²) in [5.74, 6) is -0.741. The first kappa shape index (κ1) is 16.6. The molecule has 2 amide bonds. The van der Waals surface area contributed by atoms with Crippen molar-refractivity contribution >= 4 is 27.7 Å². The molecular formula is C14H18BrFN2O2. The van der Waals surface area contributed by atoms with Crippen LogP contribution in [0.2, 0.25) is 0 Å². The second kappa shape index (κ2) is 7.99. The van der Waals surface area contributed by atoms with Crippen molar-refractivity contribution in [2.45, 2.75) is 20.3 Å². The summed E-state index contributed by atoms with van der Waals surface area (Å²) < 4.78 is 13.6. The van der Waals surface area contributed by atoms with E-state index in [1.54, 1.807) is 0 Å². The van der Waals surface area contributed by atoms with Crippen LogP contribution in [0.3, 0.4) is 0 Å². The van der Waals surface area contributed by atoms with Crippen molar-refractivity contribution in [1.29, 1.82) is 0 Å². The van der Waals surface area contributed by atoms with Crippen molar-refractivity contribution in [3.05, 3.63) is 34.1 Å². The minimum Gasteiger partial charge on any atom is -0.355 e. The number of halogens is 2.